The molecule has 0 spiro atoms. The molecule has 0 radical (unpaired) electrons. The number of rotatable bonds is 10. The van der Waals surface area contributed by atoms with Crippen LogP contribution in [0.15, 0.2) is 22.6 Å². The van der Waals surface area contributed by atoms with Gasteiger partial charge in [0.15, 0.2) is 11.5 Å². The number of aryl methyl sites for hydroxylation is 1. The van der Waals surface area contributed by atoms with E-state index in [2.05, 4.69) is 10.3 Å². The van der Waals surface area contributed by atoms with Gasteiger partial charge in [-0.25, -0.2) is 4.98 Å². The number of carbonyl (C=O) groups is 1. The summed E-state index contributed by atoms with van der Waals surface area (Å²) in [5.41, 5.74) is 1.73. The highest BCUT2D eigenvalue weighted by Crippen LogP contribution is 2.32. The van der Waals surface area contributed by atoms with Gasteiger partial charge in [0.25, 0.3) is 0 Å². The Morgan fingerprint density at radius 3 is 2.70 bits per heavy atom. The summed E-state index contributed by atoms with van der Waals surface area (Å²) in [6.45, 7) is 4.92. The molecule has 6 nitrogen and oxygen atoms in total. The Morgan fingerprint density at radius 1 is 1.20 bits per heavy atom. The molecule has 2 fully saturated rings. The summed E-state index contributed by atoms with van der Waals surface area (Å²) < 4.78 is 17.8. The van der Waals surface area contributed by atoms with Crippen LogP contribution in [0.5, 0.6) is 5.75 Å². The number of oxazole rings is 1. The second-order valence-corrected chi connectivity index (χ2v) is 9.11. The topological polar surface area (TPSA) is 73.6 Å². The molecule has 0 aliphatic heterocycles. The van der Waals surface area contributed by atoms with Gasteiger partial charge in [-0.2, -0.15) is 0 Å². The highest BCUT2D eigenvalue weighted by atomic mass is 16.5. The first-order valence-electron chi connectivity index (χ1n) is 11.5. The second-order valence-electron chi connectivity index (χ2n) is 9.11. The van der Waals surface area contributed by atoms with Crippen LogP contribution in [0.4, 0.5) is 0 Å². The molecule has 2 aliphatic rings. The molecule has 2 saturated carbocycles. The van der Waals surface area contributed by atoms with E-state index in [0.29, 0.717) is 18.6 Å². The molecule has 2 aromatic rings. The van der Waals surface area contributed by atoms with E-state index < -0.39 is 0 Å². The summed E-state index contributed by atoms with van der Waals surface area (Å²) in [5.74, 6) is 3.14. The minimum atomic E-state index is -0.00369. The number of benzene rings is 1. The van der Waals surface area contributed by atoms with Crippen LogP contribution in [0, 0.1) is 11.8 Å². The fourth-order valence-corrected chi connectivity index (χ4v) is 4.23. The van der Waals surface area contributed by atoms with E-state index in [-0.39, 0.29) is 11.9 Å². The standard InChI is InChI=1S/C24H34N2O4/c1-16(25-17(2)27)14-28-20-8-5-18(6-9-20)7-12-24-26-22-11-10-21(13-23(22)30-24)29-15-19-3-4-19/h10-11,13,16,18-20H,3-9,12,14-15H2,1-2H3,(H,25,27). The van der Waals surface area contributed by atoms with Gasteiger partial charge in [0.1, 0.15) is 11.3 Å². The van der Waals surface area contributed by atoms with Gasteiger partial charge in [0.05, 0.1) is 19.3 Å². The quantitative estimate of drug-likeness (QED) is 0.613. The number of amides is 1. The number of nitrogens with one attached hydrogen (secondary N) is 1. The summed E-state index contributed by atoms with van der Waals surface area (Å²) in [6, 6.07) is 6.03. The van der Waals surface area contributed by atoms with Crippen LogP contribution >= 0.6 is 0 Å². The monoisotopic (exact) mass is 414 g/mol. The maximum Gasteiger partial charge on any atom is 0.217 e. The van der Waals surface area contributed by atoms with E-state index in [0.717, 1.165) is 60.9 Å². The fraction of sp³-hybridized carbons (Fsp3) is 0.667. The first kappa shape index (κ1) is 21.2. The molecule has 0 saturated heterocycles. The van der Waals surface area contributed by atoms with Gasteiger partial charge in [-0.05, 0) is 75.8 Å². The van der Waals surface area contributed by atoms with Crippen molar-refractivity contribution in [1.82, 2.24) is 10.3 Å². The lowest BCUT2D eigenvalue weighted by molar-refractivity contribution is -0.120. The summed E-state index contributed by atoms with van der Waals surface area (Å²) >= 11 is 0. The number of aromatic nitrogens is 1. The smallest absolute Gasteiger partial charge is 0.217 e. The molecule has 6 heteroatoms. The van der Waals surface area contributed by atoms with E-state index in [1.807, 2.05) is 25.1 Å². The molecule has 164 valence electrons. The van der Waals surface area contributed by atoms with Crippen LogP contribution in [-0.4, -0.2) is 36.3 Å². The molecule has 1 amide bonds. The Balaban J connectivity index is 1.18. The Kier molecular flexibility index (Phi) is 6.93. The number of ether oxygens (including phenoxy) is 2. The third-order valence-electron chi connectivity index (χ3n) is 6.18. The summed E-state index contributed by atoms with van der Waals surface area (Å²) in [4.78, 5) is 15.7. The van der Waals surface area contributed by atoms with Crippen molar-refractivity contribution < 1.29 is 18.7 Å². The number of carbonyl (C=O) groups excluding carboxylic acids is 1. The highest BCUT2D eigenvalue weighted by molar-refractivity contribution is 5.74. The number of nitrogens with zero attached hydrogens (tertiary/aromatic N) is 1. The normalized spacial score (nSPS) is 22.7. The van der Waals surface area contributed by atoms with Crippen LogP contribution in [0.1, 0.15) is 64.7 Å². The molecular weight excluding hydrogens is 380 g/mol. The number of hydrogen-bond donors (Lipinski definition) is 1. The maximum atomic E-state index is 11.1. The van der Waals surface area contributed by atoms with Crippen molar-refractivity contribution in [2.24, 2.45) is 11.8 Å². The maximum absolute atomic E-state index is 11.1. The zero-order chi connectivity index (χ0) is 20.9. The SMILES string of the molecule is CC(=O)NC(C)COC1CCC(CCc2nc3ccc(OCC4CC4)cc3o2)CC1. The molecule has 1 aromatic heterocycles. The molecule has 4 rings (SSSR count). The van der Waals surface area contributed by atoms with Gasteiger partial charge in [-0.3, -0.25) is 4.79 Å². The average molecular weight is 415 g/mol. The van der Waals surface area contributed by atoms with Crippen molar-refractivity contribution in [1.29, 1.82) is 0 Å². The summed E-state index contributed by atoms with van der Waals surface area (Å²) in [7, 11) is 0. The minimum absolute atomic E-state index is 0.00369. The predicted molar refractivity (Wildman–Crippen MR) is 116 cm³/mol. The summed E-state index contributed by atoms with van der Waals surface area (Å²) in [5, 5.41) is 2.87. The van der Waals surface area contributed by atoms with Crippen LogP contribution in [0.3, 0.4) is 0 Å². The molecule has 1 heterocycles. The zero-order valence-electron chi connectivity index (χ0n) is 18.2. The predicted octanol–water partition coefficient (Wildman–Crippen LogP) is 4.65. The van der Waals surface area contributed by atoms with Gasteiger partial charge in [-0.15, -0.1) is 0 Å². The summed E-state index contributed by atoms with van der Waals surface area (Å²) in [6.07, 6.45) is 9.42. The molecule has 1 atom stereocenters. The largest absolute Gasteiger partial charge is 0.493 e. The Bertz CT molecular complexity index is 837. The third-order valence-corrected chi connectivity index (χ3v) is 6.18. The molecule has 30 heavy (non-hydrogen) atoms. The van der Waals surface area contributed by atoms with Crippen molar-refractivity contribution >= 4 is 17.0 Å². The van der Waals surface area contributed by atoms with Crippen molar-refractivity contribution in [3.63, 3.8) is 0 Å². The van der Waals surface area contributed by atoms with Crippen LogP contribution in [-0.2, 0) is 16.0 Å². The molecule has 0 bridgehead atoms. The Labute approximate surface area is 178 Å². The molecule has 1 N–H and O–H groups in total. The third kappa shape index (κ3) is 6.21. The van der Waals surface area contributed by atoms with Crippen LogP contribution < -0.4 is 10.1 Å². The van der Waals surface area contributed by atoms with Gasteiger partial charge in [0, 0.05) is 25.5 Å². The van der Waals surface area contributed by atoms with Gasteiger partial charge in [-0.1, -0.05) is 0 Å². The van der Waals surface area contributed by atoms with Crippen LogP contribution in [0.2, 0.25) is 0 Å². The lowest BCUT2D eigenvalue weighted by atomic mass is 9.84. The van der Waals surface area contributed by atoms with Gasteiger partial charge >= 0.3 is 0 Å². The lowest BCUT2D eigenvalue weighted by Gasteiger charge is -2.29. The lowest BCUT2D eigenvalue weighted by Crippen LogP contribution is -2.36. The van der Waals surface area contributed by atoms with E-state index in [4.69, 9.17) is 13.9 Å². The van der Waals surface area contributed by atoms with Crippen LogP contribution in [0.25, 0.3) is 11.1 Å². The zero-order valence-corrected chi connectivity index (χ0v) is 18.2. The van der Waals surface area contributed by atoms with E-state index in [1.165, 1.54) is 25.7 Å². The second kappa shape index (κ2) is 9.82. The number of fused-ring (bicyclic) bond motifs is 1. The molecule has 1 aromatic carbocycles. The Morgan fingerprint density at radius 2 is 1.97 bits per heavy atom. The van der Waals surface area contributed by atoms with E-state index >= 15 is 0 Å². The first-order valence-corrected chi connectivity index (χ1v) is 11.5. The van der Waals surface area contributed by atoms with E-state index in [9.17, 15) is 4.79 Å². The van der Waals surface area contributed by atoms with Gasteiger partial charge < -0.3 is 19.2 Å². The van der Waals surface area contributed by atoms with Crippen molar-refractivity contribution in [3.8, 4) is 5.75 Å². The van der Waals surface area contributed by atoms with E-state index in [1.54, 1.807) is 6.92 Å². The molecule has 2 aliphatic carbocycles. The first-order chi connectivity index (χ1) is 14.5. The Hall–Kier alpha value is -2.08. The number of hydrogen-bond acceptors (Lipinski definition) is 5. The average Bonchev–Trinajstić information content (AvgIpc) is 3.47. The molecule has 1 unspecified atom stereocenters. The van der Waals surface area contributed by atoms with Crippen molar-refractivity contribution in [3.05, 3.63) is 24.1 Å². The fourth-order valence-electron chi connectivity index (χ4n) is 4.23. The van der Waals surface area contributed by atoms with Gasteiger partial charge in [0.2, 0.25) is 5.91 Å². The van der Waals surface area contributed by atoms with Crippen molar-refractivity contribution in [2.75, 3.05) is 13.2 Å². The van der Waals surface area contributed by atoms with Crippen molar-refractivity contribution in [2.45, 2.75) is 77.4 Å². The highest BCUT2D eigenvalue weighted by Gasteiger charge is 2.23. The molecular formula is C24H34N2O4. The minimum Gasteiger partial charge on any atom is -0.493 e.